The highest BCUT2D eigenvalue weighted by atomic mass is 16.5. The minimum Gasteiger partial charge on any atom is -0.486 e. The van der Waals surface area contributed by atoms with Crippen molar-refractivity contribution >= 4 is 11.6 Å². The van der Waals surface area contributed by atoms with Gasteiger partial charge in [-0.2, -0.15) is 0 Å². The molecule has 2 unspecified atom stereocenters. The largest absolute Gasteiger partial charge is 0.486 e. The van der Waals surface area contributed by atoms with E-state index in [4.69, 9.17) is 24.1 Å². The van der Waals surface area contributed by atoms with Gasteiger partial charge in [0, 0.05) is 6.61 Å². The number of hydrogen-bond donors (Lipinski definition) is 1. The summed E-state index contributed by atoms with van der Waals surface area (Å²) in [6.45, 7) is 9.85. The van der Waals surface area contributed by atoms with Crippen molar-refractivity contribution < 1.29 is 33.6 Å². The Bertz CT molecular complexity index is 1380. The maximum absolute atomic E-state index is 12.1. The number of benzene rings is 4. The Morgan fingerprint density at radius 3 is 1.27 bits per heavy atom. The van der Waals surface area contributed by atoms with Crippen LogP contribution in [0.25, 0.3) is 0 Å². The van der Waals surface area contributed by atoms with Crippen LogP contribution < -0.4 is 18.9 Å². The van der Waals surface area contributed by atoms with Gasteiger partial charge in [0.1, 0.15) is 23.0 Å². The van der Waals surface area contributed by atoms with Crippen LogP contribution in [0, 0.1) is 13.8 Å². The maximum Gasteiger partial charge on any atom is 0.210 e. The average Bonchev–Trinajstić information content (AvgIpc) is 3.10. The van der Waals surface area contributed by atoms with Crippen molar-refractivity contribution in [1.29, 1.82) is 0 Å². The third kappa shape index (κ3) is 14.0. The average molecular weight is 655 g/mol. The molecule has 0 fully saturated rings. The molecule has 4 aromatic rings. The number of hydrogen-bond acceptors (Lipinski definition) is 7. The Morgan fingerprint density at radius 1 is 0.562 bits per heavy atom. The van der Waals surface area contributed by atoms with E-state index >= 15 is 0 Å². The van der Waals surface area contributed by atoms with E-state index < -0.39 is 12.2 Å². The monoisotopic (exact) mass is 654 g/mol. The molecule has 0 saturated heterocycles. The summed E-state index contributed by atoms with van der Waals surface area (Å²) in [6, 6.07) is 30.8. The number of carbonyl (C=O) groups is 2. The van der Waals surface area contributed by atoms with Gasteiger partial charge in [0.2, 0.25) is 11.6 Å². The number of unbranched alkanes of at least 4 members (excludes halogenated alkanes) is 1. The van der Waals surface area contributed by atoms with E-state index in [9.17, 15) is 9.59 Å². The third-order valence-corrected chi connectivity index (χ3v) is 7.63. The van der Waals surface area contributed by atoms with Gasteiger partial charge in [-0.1, -0.05) is 73.0 Å². The first-order valence-corrected chi connectivity index (χ1v) is 16.7. The molecule has 0 aliphatic heterocycles. The van der Waals surface area contributed by atoms with Crippen LogP contribution in [-0.4, -0.2) is 48.7 Å². The second kappa shape index (κ2) is 20.6. The normalized spacial score (nSPS) is 11.8. The lowest BCUT2D eigenvalue weighted by molar-refractivity contribution is -0.127. The number of rotatable bonds is 18. The topological polar surface area (TPSA) is 91.3 Å². The third-order valence-electron chi connectivity index (χ3n) is 7.63. The van der Waals surface area contributed by atoms with Crippen molar-refractivity contribution in [3.05, 3.63) is 119 Å². The predicted octanol–water partition coefficient (Wildman–Crippen LogP) is 8.09. The van der Waals surface area contributed by atoms with Gasteiger partial charge in [0.05, 0.1) is 0 Å². The van der Waals surface area contributed by atoms with Gasteiger partial charge in [-0.15, -0.1) is 0 Å². The quantitative estimate of drug-likeness (QED) is 0.116. The van der Waals surface area contributed by atoms with Gasteiger partial charge in [0.15, 0.2) is 25.4 Å². The summed E-state index contributed by atoms with van der Waals surface area (Å²) in [7, 11) is 0. The molecule has 48 heavy (non-hydrogen) atoms. The Hall–Kier alpha value is -4.62. The van der Waals surface area contributed by atoms with Crippen LogP contribution in [0.15, 0.2) is 97.1 Å². The summed E-state index contributed by atoms with van der Waals surface area (Å²) in [5.74, 6) is 2.55. The number of aliphatic hydroxyl groups excluding tert-OH is 1. The molecule has 4 aromatic carbocycles. The lowest BCUT2D eigenvalue weighted by atomic mass is 10.1. The van der Waals surface area contributed by atoms with Crippen molar-refractivity contribution in [3.8, 4) is 23.0 Å². The second-order valence-electron chi connectivity index (χ2n) is 11.9. The summed E-state index contributed by atoms with van der Waals surface area (Å²) >= 11 is 0. The van der Waals surface area contributed by atoms with Crippen LogP contribution in [0.5, 0.6) is 23.0 Å². The van der Waals surface area contributed by atoms with Crippen molar-refractivity contribution in [3.63, 3.8) is 0 Å². The number of ether oxygens (including phenoxy) is 4. The van der Waals surface area contributed by atoms with Crippen LogP contribution in [0.2, 0.25) is 0 Å². The number of carbonyl (C=O) groups excluding carboxylic acids is 2. The van der Waals surface area contributed by atoms with Crippen molar-refractivity contribution in [2.75, 3.05) is 19.8 Å². The van der Waals surface area contributed by atoms with Crippen LogP contribution in [0.3, 0.4) is 0 Å². The standard InChI is InChI=1S/C21H26O3.C20H24O4/c1-4-5-6-18-9-13-19(14-10-18)23-15-21(22)17(3)24-20-11-7-16(2)8-12-20;1-15-5-9-19(10-6-15)24-16(2)20(22)14-23-18-11-7-17(8-12-18)4-3-13-21/h7-14,17H,4-6,15H2,1-3H3;5-12,16,21H,3-4,13-14H2,1-2H3. The maximum atomic E-state index is 12.1. The smallest absolute Gasteiger partial charge is 0.210 e. The Morgan fingerprint density at radius 2 is 0.917 bits per heavy atom. The molecule has 0 heterocycles. The highest BCUT2D eigenvalue weighted by molar-refractivity contribution is 5.85. The minimum atomic E-state index is -0.559. The van der Waals surface area contributed by atoms with Gasteiger partial charge in [-0.25, -0.2) is 0 Å². The molecule has 0 bridgehead atoms. The second-order valence-corrected chi connectivity index (χ2v) is 11.9. The van der Waals surface area contributed by atoms with Crippen molar-refractivity contribution in [2.45, 2.75) is 78.9 Å². The molecule has 0 aliphatic rings. The van der Waals surface area contributed by atoms with Gasteiger partial charge < -0.3 is 24.1 Å². The predicted molar refractivity (Wildman–Crippen MR) is 190 cm³/mol. The van der Waals surface area contributed by atoms with E-state index in [1.54, 1.807) is 13.8 Å². The Labute approximate surface area is 285 Å². The van der Waals surface area contributed by atoms with Gasteiger partial charge in [-0.05, 0) is 113 Å². The van der Waals surface area contributed by atoms with E-state index in [2.05, 4.69) is 19.1 Å². The molecule has 0 saturated carbocycles. The summed E-state index contributed by atoms with van der Waals surface area (Å²) < 4.78 is 22.4. The van der Waals surface area contributed by atoms with Crippen LogP contribution in [0.1, 0.15) is 62.3 Å². The van der Waals surface area contributed by atoms with E-state index in [0.717, 1.165) is 36.0 Å². The van der Waals surface area contributed by atoms with Crippen molar-refractivity contribution in [2.24, 2.45) is 0 Å². The number of aryl methyl sites for hydroxylation is 4. The van der Waals surface area contributed by atoms with Crippen LogP contribution >= 0.6 is 0 Å². The number of Topliss-reactive ketones (excluding diaryl/α,β-unsaturated/α-hetero) is 2. The van der Waals surface area contributed by atoms with E-state index in [-0.39, 0.29) is 31.4 Å². The first-order chi connectivity index (χ1) is 23.2. The zero-order valence-electron chi connectivity index (χ0n) is 28.9. The van der Waals surface area contributed by atoms with E-state index in [1.807, 2.05) is 98.8 Å². The number of ketones is 2. The molecular formula is C41H50O7. The summed E-state index contributed by atoms with van der Waals surface area (Å²) in [5.41, 5.74) is 4.74. The minimum absolute atomic E-state index is 0.0152. The molecule has 0 radical (unpaired) electrons. The summed E-state index contributed by atoms with van der Waals surface area (Å²) in [6.07, 6.45) is 3.94. The van der Waals surface area contributed by atoms with Gasteiger partial charge >= 0.3 is 0 Å². The highest BCUT2D eigenvalue weighted by Gasteiger charge is 2.16. The summed E-state index contributed by atoms with van der Waals surface area (Å²) in [4.78, 5) is 24.3. The van der Waals surface area contributed by atoms with E-state index in [0.29, 0.717) is 23.0 Å². The molecule has 0 aromatic heterocycles. The Balaban J connectivity index is 0.000000260. The SMILES string of the molecule is CCCCc1ccc(OCC(=O)C(C)Oc2ccc(C)cc2)cc1.Cc1ccc(OC(C)C(=O)COc2ccc(CCCO)cc2)cc1. The molecule has 2 atom stereocenters. The fourth-order valence-electron chi connectivity index (χ4n) is 4.49. The zero-order chi connectivity index (χ0) is 34.7. The molecule has 0 aliphatic carbocycles. The first-order valence-electron chi connectivity index (χ1n) is 16.7. The molecule has 1 N–H and O–H groups in total. The molecule has 256 valence electrons. The molecule has 4 rings (SSSR count). The lowest BCUT2D eigenvalue weighted by Gasteiger charge is -2.14. The van der Waals surface area contributed by atoms with Gasteiger partial charge in [0.25, 0.3) is 0 Å². The molecule has 7 nitrogen and oxygen atoms in total. The molecule has 0 spiro atoms. The van der Waals surface area contributed by atoms with Crippen LogP contribution in [0.4, 0.5) is 0 Å². The first kappa shape index (κ1) is 37.8. The lowest BCUT2D eigenvalue weighted by Crippen LogP contribution is -2.28. The Kier molecular flexibility index (Phi) is 16.2. The summed E-state index contributed by atoms with van der Waals surface area (Å²) in [5, 5.41) is 8.82. The van der Waals surface area contributed by atoms with Crippen molar-refractivity contribution in [1.82, 2.24) is 0 Å². The fourth-order valence-corrected chi connectivity index (χ4v) is 4.49. The molecule has 7 heteroatoms. The van der Waals surface area contributed by atoms with E-state index in [1.165, 1.54) is 18.4 Å². The van der Waals surface area contributed by atoms with Crippen LogP contribution in [-0.2, 0) is 22.4 Å². The molecular weight excluding hydrogens is 604 g/mol. The zero-order valence-corrected chi connectivity index (χ0v) is 28.9. The fraction of sp³-hybridized carbons (Fsp3) is 0.366. The van der Waals surface area contributed by atoms with Gasteiger partial charge in [-0.3, -0.25) is 9.59 Å². The molecule has 0 amide bonds. The number of aliphatic hydroxyl groups is 1. The highest BCUT2D eigenvalue weighted by Crippen LogP contribution is 2.18.